The van der Waals surface area contributed by atoms with E-state index in [1.165, 1.54) is 48.5 Å². The van der Waals surface area contributed by atoms with Gasteiger partial charge in [0.15, 0.2) is 0 Å². The number of aromatic amines is 2. The number of nitrogens with one attached hydrogen (secondary N) is 4. The van der Waals surface area contributed by atoms with E-state index in [-0.39, 0.29) is 42.3 Å². The minimum absolute atomic E-state index is 0.0112. The molecule has 8 aromatic rings. The molecular weight excluding hydrogens is 880 g/mol. The number of halogens is 2. The standard InChI is InChI=1S/2C20H15ClN6O3S/c2*21-14-3-1-4-15(11-14)31(29,30)25-17-6-2-5-16(19(22)28)18(17)12-7-9-13(10-8-12)20-23-26-27-24-20/h2*1-11,25H,(H2,22,28)(H,23,24,26,27). The molecule has 0 atom stereocenters. The van der Waals surface area contributed by atoms with E-state index in [0.29, 0.717) is 45.0 Å². The second kappa shape index (κ2) is 18.0. The Morgan fingerprint density at radius 2 is 0.855 bits per heavy atom. The van der Waals surface area contributed by atoms with Gasteiger partial charge in [-0.1, -0.05) is 96.0 Å². The second-order valence-corrected chi connectivity index (χ2v) is 17.2. The fourth-order valence-corrected chi connectivity index (χ4v) is 8.87. The Balaban J connectivity index is 0.000000186. The molecule has 0 aliphatic heterocycles. The number of nitrogens with zero attached hydrogens (tertiary/aromatic N) is 6. The van der Waals surface area contributed by atoms with Crippen LogP contribution < -0.4 is 20.9 Å². The van der Waals surface area contributed by atoms with Crippen molar-refractivity contribution in [1.82, 2.24) is 41.2 Å². The first-order valence-electron chi connectivity index (χ1n) is 17.8. The topological polar surface area (TPSA) is 287 Å². The molecule has 312 valence electrons. The van der Waals surface area contributed by atoms with Crippen molar-refractivity contribution < 1.29 is 26.4 Å². The van der Waals surface area contributed by atoms with E-state index in [1.54, 1.807) is 84.9 Å². The van der Waals surface area contributed by atoms with Gasteiger partial charge in [-0.25, -0.2) is 16.8 Å². The van der Waals surface area contributed by atoms with E-state index in [1.807, 2.05) is 0 Å². The van der Waals surface area contributed by atoms with E-state index in [0.717, 1.165) is 0 Å². The first kappa shape index (κ1) is 42.6. The van der Waals surface area contributed by atoms with E-state index in [9.17, 15) is 26.4 Å². The van der Waals surface area contributed by atoms with Crippen LogP contribution in [-0.2, 0) is 20.0 Å². The Kier molecular flexibility index (Phi) is 12.4. The third kappa shape index (κ3) is 9.58. The molecule has 0 unspecified atom stereocenters. The maximum absolute atomic E-state index is 12.9. The van der Waals surface area contributed by atoms with E-state index >= 15 is 0 Å². The molecule has 62 heavy (non-hydrogen) atoms. The van der Waals surface area contributed by atoms with Gasteiger partial charge in [0, 0.05) is 43.4 Å². The Morgan fingerprint density at radius 1 is 0.500 bits per heavy atom. The van der Waals surface area contributed by atoms with Gasteiger partial charge in [0.25, 0.3) is 20.0 Å². The zero-order valence-electron chi connectivity index (χ0n) is 31.6. The van der Waals surface area contributed by atoms with Crippen molar-refractivity contribution in [2.24, 2.45) is 11.5 Å². The molecule has 0 fully saturated rings. The number of tetrazole rings is 2. The predicted molar refractivity (Wildman–Crippen MR) is 232 cm³/mol. The third-order valence-corrected chi connectivity index (χ3v) is 12.1. The van der Waals surface area contributed by atoms with Gasteiger partial charge in [-0.15, -0.1) is 20.4 Å². The van der Waals surface area contributed by atoms with Crippen molar-refractivity contribution in [3.63, 3.8) is 0 Å². The molecule has 0 saturated heterocycles. The molecule has 2 amide bonds. The maximum Gasteiger partial charge on any atom is 0.261 e. The molecule has 0 aliphatic rings. The van der Waals surface area contributed by atoms with Crippen LogP contribution in [0, 0.1) is 0 Å². The highest BCUT2D eigenvalue weighted by atomic mass is 35.5. The SMILES string of the molecule is NC(=O)c1cccc(NS(=O)(=O)c2cccc(Cl)c2)c1-c1ccc(-c2nn[nH]n2)cc1.NC(=O)c1cccc(NS(=O)(=O)c2cccc(Cl)c2)c1-c1ccc(-c2nn[nH]n2)cc1. The number of rotatable bonds is 12. The largest absolute Gasteiger partial charge is 0.366 e. The molecule has 18 nitrogen and oxygen atoms in total. The Morgan fingerprint density at radius 3 is 1.18 bits per heavy atom. The third-order valence-electron chi connectivity index (χ3n) is 8.92. The van der Waals surface area contributed by atoms with Crippen molar-refractivity contribution in [1.29, 1.82) is 0 Å². The summed E-state index contributed by atoms with van der Waals surface area (Å²) in [7, 11) is -7.94. The van der Waals surface area contributed by atoms with Crippen LogP contribution in [0.15, 0.2) is 143 Å². The molecular formula is C40H30Cl2N12O6S2. The van der Waals surface area contributed by atoms with Gasteiger partial charge < -0.3 is 11.5 Å². The number of sulfonamides is 2. The molecule has 2 aromatic heterocycles. The smallest absolute Gasteiger partial charge is 0.261 e. The number of nitrogens with two attached hydrogens (primary N) is 2. The summed E-state index contributed by atoms with van der Waals surface area (Å²) in [6, 6.07) is 34.8. The molecule has 8 rings (SSSR count). The molecule has 0 bridgehead atoms. The molecule has 22 heteroatoms. The van der Waals surface area contributed by atoms with E-state index < -0.39 is 31.9 Å². The summed E-state index contributed by atoms with van der Waals surface area (Å²) >= 11 is 11.9. The van der Waals surface area contributed by atoms with Gasteiger partial charge in [-0.3, -0.25) is 19.0 Å². The normalized spacial score (nSPS) is 11.3. The average molecular weight is 910 g/mol. The summed E-state index contributed by atoms with van der Waals surface area (Å²) in [5.41, 5.74) is 15.1. The highest BCUT2D eigenvalue weighted by Gasteiger charge is 2.23. The minimum atomic E-state index is -3.97. The number of amides is 2. The van der Waals surface area contributed by atoms with Crippen molar-refractivity contribution >= 4 is 66.4 Å². The number of primary amides is 2. The number of hydrogen-bond acceptors (Lipinski definition) is 12. The summed E-state index contributed by atoms with van der Waals surface area (Å²) in [6.07, 6.45) is 0. The Hall–Kier alpha value is -7.52. The lowest BCUT2D eigenvalue weighted by molar-refractivity contribution is 0.0992. The zero-order valence-corrected chi connectivity index (χ0v) is 34.7. The number of anilines is 2. The van der Waals surface area contributed by atoms with Gasteiger partial charge in [0.05, 0.1) is 21.2 Å². The summed E-state index contributed by atoms with van der Waals surface area (Å²) < 4.78 is 56.7. The predicted octanol–water partition coefficient (Wildman–Crippen LogP) is 6.17. The van der Waals surface area contributed by atoms with Crippen LogP contribution in [0.1, 0.15) is 20.7 Å². The molecule has 8 N–H and O–H groups in total. The van der Waals surface area contributed by atoms with Gasteiger partial charge >= 0.3 is 0 Å². The van der Waals surface area contributed by atoms with Gasteiger partial charge in [-0.2, -0.15) is 10.4 Å². The first-order valence-corrected chi connectivity index (χ1v) is 21.5. The minimum Gasteiger partial charge on any atom is -0.366 e. The quantitative estimate of drug-likeness (QED) is 0.0802. The lowest BCUT2D eigenvalue weighted by Crippen LogP contribution is -2.17. The van der Waals surface area contributed by atoms with Crippen LogP contribution in [0.3, 0.4) is 0 Å². The number of benzene rings is 6. The van der Waals surface area contributed by atoms with Gasteiger partial charge in [0.1, 0.15) is 0 Å². The lowest BCUT2D eigenvalue weighted by atomic mass is 9.96. The van der Waals surface area contributed by atoms with Gasteiger partial charge in [-0.05, 0) is 82.2 Å². The van der Waals surface area contributed by atoms with Crippen LogP contribution >= 0.6 is 23.2 Å². The van der Waals surface area contributed by atoms with Crippen LogP contribution in [0.2, 0.25) is 10.0 Å². The van der Waals surface area contributed by atoms with Crippen molar-refractivity contribution in [2.45, 2.75) is 9.79 Å². The zero-order chi connectivity index (χ0) is 44.0. The fourth-order valence-electron chi connectivity index (χ4n) is 6.12. The Labute approximate surface area is 362 Å². The molecule has 2 heterocycles. The lowest BCUT2D eigenvalue weighted by Gasteiger charge is -2.16. The number of H-pyrrole nitrogens is 2. The highest BCUT2D eigenvalue weighted by Crippen LogP contribution is 2.36. The molecule has 0 spiro atoms. The van der Waals surface area contributed by atoms with E-state index in [2.05, 4.69) is 50.7 Å². The summed E-state index contributed by atoms with van der Waals surface area (Å²) in [5.74, 6) is -0.588. The fraction of sp³-hybridized carbons (Fsp3) is 0. The summed E-state index contributed by atoms with van der Waals surface area (Å²) in [5, 5.41) is 28.0. The molecule has 6 aromatic carbocycles. The number of carbonyl (C=O) groups excluding carboxylic acids is 2. The highest BCUT2D eigenvalue weighted by molar-refractivity contribution is 7.93. The van der Waals surface area contributed by atoms with Crippen LogP contribution in [0.25, 0.3) is 45.0 Å². The Bertz CT molecular complexity index is 2930. The van der Waals surface area contributed by atoms with Crippen molar-refractivity contribution in [2.75, 3.05) is 9.44 Å². The van der Waals surface area contributed by atoms with Crippen LogP contribution in [0.4, 0.5) is 11.4 Å². The first-order chi connectivity index (χ1) is 29.7. The summed E-state index contributed by atoms with van der Waals surface area (Å²) in [4.78, 5) is 24.1. The van der Waals surface area contributed by atoms with Crippen molar-refractivity contribution in [3.05, 3.63) is 155 Å². The molecule has 0 saturated carbocycles. The summed E-state index contributed by atoms with van der Waals surface area (Å²) in [6.45, 7) is 0. The number of aromatic nitrogens is 8. The maximum atomic E-state index is 12.9. The monoisotopic (exact) mass is 908 g/mol. The molecule has 0 radical (unpaired) electrons. The van der Waals surface area contributed by atoms with Crippen LogP contribution in [0.5, 0.6) is 0 Å². The van der Waals surface area contributed by atoms with Crippen LogP contribution in [-0.4, -0.2) is 69.9 Å². The number of hydrogen-bond donors (Lipinski definition) is 6. The van der Waals surface area contributed by atoms with Crippen molar-refractivity contribution in [3.8, 4) is 45.0 Å². The van der Waals surface area contributed by atoms with Gasteiger partial charge in [0.2, 0.25) is 23.5 Å². The average Bonchev–Trinajstić information content (AvgIpc) is 4.00. The molecule has 0 aliphatic carbocycles. The number of carbonyl (C=O) groups is 2. The van der Waals surface area contributed by atoms with E-state index in [4.69, 9.17) is 34.7 Å². The second-order valence-electron chi connectivity index (χ2n) is 12.9.